The van der Waals surface area contributed by atoms with Gasteiger partial charge in [0.15, 0.2) is 11.5 Å². The molecular formula is C27H21Br2ClN2O6S. The molecule has 39 heavy (non-hydrogen) atoms. The average Bonchev–Trinajstić information content (AvgIpc) is 3.16. The van der Waals surface area contributed by atoms with E-state index in [2.05, 4.69) is 37.2 Å². The van der Waals surface area contributed by atoms with Crippen molar-refractivity contribution in [1.82, 2.24) is 4.90 Å². The lowest BCUT2D eigenvalue weighted by molar-refractivity contribution is -0.127. The number of ether oxygens (including phenoxy) is 3. The van der Waals surface area contributed by atoms with E-state index in [9.17, 15) is 14.4 Å². The molecule has 0 radical (unpaired) electrons. The van der Waals surface area contributed by atoms with Crippen LogP contribution >= 0.6 is 55.2 Å². The maximum atomic E-state index is 13.0. The Morgan fingerprint density at radius 1 is 1.03 bits per heavy atom. The second kappa shape index (κ2) is 12.9. The van der Waals surface area contributed by atoms with Crippen molar-refractivity contribution in [3.63, 3.8) is 0 Å². The molecule has 1 aliphatic heterocycles. The fourth-order valence-corrected chi connectivity index (χ4v) is 5.51. The smallest absolute Gasteiger partial charge is 0.294 e. The normalized spacial score (nSPS) is 14.1. The number of amides is 3. The Balaban J connectivity index is 1.45. The lowest BCUT2D eigenvalue weighted by Gasteiger charge is -2.14. The number of hydrogen-bond acceptors (Lipinski definition) is 7. The lowest BCUT2D eigenvalue weighted by atomic mass is 10.1. The van der Waals surface area contributed by atoms with E-state index in [0.717, 1.165) is 26.7 Å². The Morgan fingerprint density at radius 2 is 1.74 bits per heavy atom. The number of imide groups is 1. The summed E-state index contributed by atoms with van der Waals surface area (Å²) >= 11 is 13.8. The monoisotopic (exact) mass is 694 g/mol. The first-order valence-corrected chi connectivity index (χ1v) is 14.1. The van der Waals surface area contributed by atoms with Crippen LogP contribution in [0.25, 0.3) is 6.08 Å². The molecule has 0 bridgehead atoms. The van der Waals surface area contributed by atoms with Gasteiger partial charge in [0, 0.05) is 10.2 Å². The highest BCUT2D eigenvalue weighted by molar-refractivity contribution is 9.10. The highest BCUT2D eigenvalue weighted by Gasteiger charge is 2.36. The van der Waals surface area contributed by atoms with Crippen LogP contribution in [0.4, 0.5) is 10.5 Å². The molecule has 202 valence electrons. The molecule has 8 nitrogen and oxygen atoms in total. The van der Waals surface area contributed by atoms with E-state index in [1.165, 1.54) is 20.3 Å². The summed E-state index contributed by atoms with van der Waals surface area (Å²) < 4.78 is 18.2. The number of methoxy groups -OCH3 is 2. The van der Waals surface area contributed by atoms with E-state index in [1.807, 2.05) is 24.3 Å². The fraction of sp³-hybridized carbons (Fsp3) is 0.148. The summed E-state index contributed by atoms with van der Waals surface area (Å²) in [7, 11) is 3.00. The Kier molecular flexibility index (Phi) is 9.60. The SMILES string of the molecule is COc1ccc(NC(=O)CN2C(=O)S/C(=C/c3cc(Br)c(OCc4ccc(Br)cc4)c(OC)c3)C2=O)cc1Cl. The number of nitrogens with one attached hydrogen (secondary N) is 1. The van der Waals surface area contributed by atoms with Gasteiger partial charge in [-0.25, -0.2) is 0 Å². The van der Waals surface area contributed by atoms with Crippen LogP contribution in [0.1, 0.15) is 11.1 Å². The van der Waals surface area contributed by atoms with Crippen molar-refractivity contribution in [2.75, 3.05) is 26.1 Å². The van der Waals surface area contributed by atoms with Crippen LogP contribution in [-0.2, 0) is 16.2 Å². The van der Waals surface area contributed by atoms with Crippen molar-refractivity contribution in [2.45, 2.75) is 6.61 Å². The summed E-state index contributed by atoms with van der Waals surface area (Å²) in [6.45, 7) is -0.118. The number of hydrogen-bond donors (Lipinski definition) is 1. The molecule has 0 aromatic heterocycles. The minimum Gasteiger partial charge on any atom is -0.495 e. The summed E-state index contributed by atoms with van der Waals surface area (Å²) in [5.74, 6) is 0.290. The van der Waals surface area contributed by atoms with Gasteiger partial charge < -0.3 is 19.5 Å². The average molecular weight is 697 g/mol. The summed E-state index contributed by atoms with van der Waals surface area (Å²) in [4.78, 5) is 39.1. The number of carbonyl (C=O) groups excluding carboxylic acids is 3. The number of benzene rings is 3. The molecule has 1 aliphatic rings. The van der Waals surface area contributed by atoms with Gasteiger partial charge in [-0.1, -0.05) is 39.7 Å². The first kappa shape index (κ1) is 29.0. The van der Waals surface area contributed by atoms with E-state index in [0.29, 0.717) is 44.6 Å². The molecule has 3 amide bonds. The summed E-state index contributed by atoms with van der Waals surface area (Å²) in [5, 5.41) is 2.40. The van der Waals surface area contributed by atoms with Crippen molar-refractivity contribution >= 4 is 84.0 Å². The second-order valence-corrected chi connectivity index (χ2v) is 11.3. The molecule has 0 saturated carbocycles. The number of thioether (sulfide) groups is 1. The topological polar surface area (TPSA) is 94.2 Å². The molecule has 1 fully saturated rings. The van der Waals surface area contributed by atoms with E-state index in [1.54, 1.807) is 30.3 Å². The van der Waals surface area contributed by atoms with Crippen molar-refractivity contribution < 1.29 is 28.6 Å². The van der Waals surface area contributed by atoms with E-state index in [4.69, 9.17) is 25.8 Å². The number of nitrogens with zero attached hydrogens (tertiary/aromatic N) is 1. The largest absolute Gasteiger partial charge is 0.495 e. The van der Waals surface area contributed by atoms with Crippen LogP contribution in [0, 0.1) is 0 Å². The van der Waals surface area contributed by atoms with E-state index >= 15 is 0 Å². The molecule has 0 atom stereocenters. The quantitative estimate of drug-likeness (QED) is 0.238. The highest BCUT2D eigenvalue weighted by atomic mass is 79.9. The number of anilines is 1. The van der Waals surface area contributed by atoms with Crippen LogP contribution in [-0.4, -0.2) is 42.7 Å². The lowest BCUT2D eigenvalue weighted by Crippen LogP contribution is -2.36. The summed E-state index contributed by atoms with van der Waals surface area (Å²) in [5.41, 5.74) is 1.99. The van der Waals surface area contributed by atoms with Gasteiger partial charge in [0.2, 0.25) is 5.91 Å². The Morgan fingerprint density at radius 3 is 2.41 bits per heavy atom. The molecule has 0 aliphatic carbocycles. The van der Waals surface area contributed by atoms with Crippen molar-refractivity contribution in [1.29, 1.82) is 0 Å². The number of carbonyl (C=O) groups is 3. The third kappa shape index (κ3) is 7.16. The van der Waals surface area contributed by atoms with Crippen LogP contribution in [0.2, 0.25) is 5.02 Å². The van der Waals surface area contributed by atoms with Crippen molar-refractivity contribution in [2.24, 2.45) is 0 Å². The zero-order chi connectivity index (χ0) is 28.1. The van der Waals surface area contributed by atoms with E-state index < -0.39 is 23.6 Å². The van der Waals surface area contributed by atoms with Crippen molar-refractivity contribution in [3.8, 4) is 17.2 Å². The van der Waals surface area contributed by atoms with Gasteiger partial charge in [-0.2, -0.15) is 0 Å². The third-order valence-corrected chi connectivity index (χ3v) is 7.78. The van der Waals surface area contributed by atoms with Crippen molar-refractivity contribution in [3.05, 3.63) is 84.6 Å². The maximum Gasteiger partial charge on any atom is 0.294 e. The second-order valence-electron chi connectivity index (χ2n) is 8.11. The fourth-order valence-electron chi connectivity index (χ4n) is 3.58. The van der Waals surface area contributed by atoms with Gasteiger partial charge in [-0.15, -0.1) is 0 Å². The molecular weight excluding hydrogens is 676 g/mol. The number of halogens is 3. The van der Waals surface area contributed by atoms with Gasteiger partial charge >= 0.3 is 0 Å². The van der Waals surface area contributed by atoms with Gasteiger partial charge in [-0.3, -0.25) is 19.3 Å². The predicted molar refractivity (Wildman–Crippen MR) is 158 cm³/mol. The minimum absolute atomic E-state index is 0.178. The summed E-state index contributed by atoms with van der Waals surface area (Å²) in [6, 6.07) is 15.9. The molecule has 3 aromatic carbocycles. The number of rotatable bonds is 9. The molecule has 0 spiro atoms. The molecule has 1 heterocycles. The molecule has 0 unspecified atom stereocenters. The van der Waals surface area contributed by atoms with Crippen LogP contribution in [0.3, 0.4) is 0 Å². The molecule has 1 saturated heterocycles. The minimum atomic E-state index is -0.571. The van der Waals surface area contributed by atoms with Crippen LogP contribution < -0.4 is 19.5 Å². The zero-order valence-corrected chi connectivity index (χ0v) is 25.4. The predicted octanol–water partition coefficient (Wildman–Crippen LogP) is 7.14. The first-order chi connectivity index (χ1) is 18.7. The molecule has 12 heteroatoms. The van der Waals surface area contributed by atoms with Gasteiger partial charge in [0.25, 0.3) is 11.1 Å². The van der Waals surface area contributed by atoms with Gasteiger partial charge in [-0.05, 0) is 87.4 Å². The Bertz CT molecular complexity index is 1470. The molecule has 3 aromatic rings. The molecule has 4 rings (SSSR count). The molecule has 1 N–H and O–H groups in total. The highest BCUT2D eigenvalue weighted by Crippen LogP contribution is 2.39. The van der Waals surface area contributed by atoms with E-state index in [-0.39, 0.29) is 4.91 Å². The van der Waals surface area contributed by atoms with Gasteiger partial charge in [0.1, 0.15) is 18.9 Å². The Labute approximate surface area is 250 Å². The Hall–Kier alpha value is -2.99. The standard InChI is InChI=1S/C27H21Br2ClN2O6S/c1-36-21-8-7-18(12-20(21)30)31-24(33)13-32-26(34)23(39-27(32)35)11-16-9-19(29)25(22(10-16)37-2)38-14-15-3-5-17(28)6-4-15/h3-12H,13-14H2,1-2H3,(H,31,33)/b23-11+. The maximum absolute atomic E-state index is 13.0. The van der Waals surface area contributed by atoms with Crippen LogP contribution in [0.15, 0.2) is 68.4 Å². The summed E-state index contributed by atoms with van der Waals surface area (Å²) in [6.07, 6.45) is 1.57. The van der Waals surface area contributed by atoms with Crippen LogP contribution in [0.5, 0.6) is 17.2 Å². The first-order valence-electron chi connectivity index (χ1n) is 11.3. The third-order valence-electron chi connectivity index (χ3n) is 5.46. The van der Waals surface area contributed by atoms with Gasteiger partial charge in [0.05, 0.1) is 28.6 Å². The zero-order valence-electron chi connectivity index (χ0n) is 20.6.